The molecule has 2 aromatic rings. The maximum atomic E-state index is 14.5. The Bertz CT molecular complexity index is 2210. The van der Waals surface area contributed by atoms with Crippen LogP contribution in [0.15, 0.2) is 36.4 Å². The first-order valence-electron chi connectivity index (χ1n) is 30.9. The minimum atomic E-state index is -5.44. The molecule has 81 heavy (non-hydrogen) atoms. The van der Waals surface area contributed by atoms with Crippen LogP contribution in [-0.4, -0.2) is 109 Å². The zero-order valence-corrected chi connectivity index (χ0v) is 51.5. The van der Waals surface area contributed by atoms with Crippen molar-refractivity contribution < 1.29 is 77.1 Å². The summed E-state index contributed by atoms with van der Waals surface area (Å²) in [7, 11) is -9.41. The van der Waals surface area contributed by atoms with Gasteiger partial charge in [-0.3, -0.25) is 13.9 Å². The van der Waals surface area contributed by atoms with Crippen LogP contribution < -0.4 is 24.3 Å². The first-order valence-corrected chi connectivity index (χ1v) is 33.6. The van der Waals surface area contributed by atoms with Crippen LogP contribution >= 0.6 is 0 Å². The van der Waals surface area contributed by atoms with Gasteiger partial charge in [0.05, 0.1) is 38.6 Å². The number of unbranched alkanes of at least 4 members (excludes halogenated alkanes) is 28. The number of benzene rings is 2. The molecule has 1 heterocycles. The average Bonchev–Trinajstić information content (AvgIpc) is 3.47. The second kappa shape index (κ2) is 43.0. The number of carbonyl (C=O) groups is 2. The van der Waals surface area contributed by atoms with Gasteiger partial charge in [-0.05, 0) is 62.1 Å². The second-order valence-corrected chi connectivity index (χ2v) is 23.6. The monoisotopic (exact) mass is 1190 g/mol. The minimum absolute atomic E-state index is 0.0666. The largest absolute Gasteiger partial charge is 0.490 e. The van der Waals surface area contributed by atoms with Crippen LogP contribution in [0.5, 0.6) is 23.0 Å². The molecule has 3 N–H and O–H groups in total. The molecule has 1 aliphatic rings. The molecule has 0 saturated carbocycles. The van der Waals surface area contributed by atoms with Crippen molar-refractivity contribution in [2.24, 2.45) is 0 Å². The topological polar surface area (TPSA) is 238 Å². The van der Waals surface area contributed by atoms with E-state index in [1.165, 1.54) is 141 Å². The summed E-state index contributed by atoms with van der Waals surface area (Å²) in [5.41, 5.74) is 0.00767. The molecule has 0 unspecified atom stereocenters. The van der Waals surface area contributed by atoms with E-state index >= 15 is 0 Å². The molecule has 0 aliphatic carbocycles. The van der Waals surface area contributed by atoms with E-state index in [2.05, 4.69) is 37.2 Å². The lowest BCUT2D eigenvalue weighted by Crippen LogP contribution is -2.66. The molecule has 466 valence electrons. The molecule has 20 heteroatoms. The molecular weight excluding hydrogens is 1080 g/mol. The van der Waals surface area contributed by atoms with Crippen molar-refractivity contribution in [1.29, 1.82) is 0 Å². The van der Waals surface area contributed by atoms with Crippen LogP contribution in [0.4, 0.5) is 0 Å². The fourth-order valence-electron chi connectivity index (χ4n) is 9.79. The summed E-state index contributed by atoms with van der Waals surface area (Å²) in [6.45, 7) is 9.24. The van der Waals surface area contributed by atoms with Gasteiger partial charge in [0.2, 0.25) is 0 Å². The van der Waals surface area contributed by atoms with Crippen molar-refractivity contribution in [3.05, 3.63) is 47.5 Å². The molecule has 0 bridgehead atoms. The summed E-state index contributed by atoms with van der Waals surface area (Å²) < 4.78 is 121. The zero-order chi connectivity index (χ0) is 59.0. The zero-order valence-electron chi connectivity index (χ0n) is 49.8. The summed E-state index contributed by atoms with van der Waals surface area (Å²) in [5.74, 6) is -0.371. The van der Waals surface area contributed by atoms with Gasteiger partial charge in [0.25, 0.3) is 5.91 Å². The number of hydrogen-bond donors (Lipinski definition) is 3. The molecule has 2 aromatic carbocycles. The lowest BCUT2D eigenvalue weighted by Gasteiger charge is -2.44. The van der Waals surface area contributed by atoms with Crippen LogP contribution in [-0.2, 0) is 43.4 Å². The Morgan fingerprint density at radius 1 is 0.481 bits per heavy atom. The van der Waals surface area contributed by atoms with E-state index in [1.54, 1.807) is 12.1 Å². The van der Waals surface area contributed by atoms with E-state index in [4.69, 9.17) is 37.3 Å². The van der Waals surface area contributed by atoms with Crippen molar-refractivity contribution in [3.63, 3.8) is 0 Å². The third-order valence-electron chi connectivity index (χ3n) is 14.4. The normalized spacial score (nSPS) is 17.4. The average molecular weight is 1190 g/mol. The predicted molar refractivity (Wildman–Crippen MR) is 315 cm³/mol. The molecule has 3 rings (SSSR count). The maximum Gasteiger partial charge on any atom is 0.397 e. The van der Waals surface area contributed by atoms with E-state index in [1.807, 2.05) is 0 Å². The molecular formula is C61H103NO17S2. The standard InChI is InChI=1S/C61H103NO17S2/c1-6-10-14-18-22-26-30-34-42-72-51-40-38-49(46-53(51)74-44-36-32-28-24-20-16-12-8-3)59(63)62-56-58(57(79-81(68,69)70)55(77-61(56)71-5)48-76-80(65,66)67)78-60(64)50-39-41-52(73-43-35-31-27-23-19-15-11-7-2)54(47-50)75-45-37-33-29-25-21-17-13-9-4/h38-41,46-47,55-58,61H,6-37,42-45,48H2,1-5H3,(H,62,63)(H,65,66,67)(H,68,69,70)/t55-,56-,57-,58-,61+/m1/s1. The lowest BCUT2D eigenvalue weighted by molar-refractivity contribution is -0.255. The number of nitrogens with one attached hydrogen (secondary N) is 1. The molecule has 1 fully saturated rings. The Hall–Kier alpha value is -3.76. The van der Waals surface area contributed by atoms with Crippen molar-refractivity contribution in [3.8, 4) is 23.0 Å². The van der Waals surface area contributed by atoms with Crippen LogP contribution in [0.3, 0.4) is 0 Å². The SMILES string of the molecule is CCCCCCCCCCOc1ccc(C(=O)N[C@H]2[C@@H](OC)O[C@H](COS(=O)(=O)O)[C@@H](OS(=O)(=O)O)[C@@H]2OC(=O)c2ccc(OCCCCCCCCCC)c(OCCCCCCCCCC)c2)cc1OCCCCCCCCCC. The van der Waals surface area contributed by atoms with Crippen molar-refractivity contribution in [2.45, 2.75) is 264 Å². The highest BCUT2D eigenvalue weighted by Gasteiger charge is 2.52. The summed E-state index contributed by atoms with van der Waals surface area (Å²) in [4.78, 5) is 29.0. The lowest BCUT2D eigenvalue weighted by atomic mass is 9.96. The van der Waals surface area contributed by atoms with Crippen molar-refractivity contribution in [1.82, 2.24) is 5.32 Å². The summed E-state index contributed by atoms with van der Waals surface area (Å²) in [5, 5.41) is 2.75. The highest BCUT2D eigenvalue weighted by molar-refractivity contribution is 7.81. The molecule has 0 aromatic heterocycles. The summed E-state index contributed by atoms with van der Waals surface area (Å²) in [6, 6.07) is 7.55. The number of rotatable bonds is 50. The first kappa shape index (κ1) is 71.5. The Kier molecular flexibility index (Phi) is 37.9. The third kappa shape index (κ3) is 31.6. The van der Waals surface area contributed by atoms with Gasteiger partial charge in [-0.1, -0.05) is 207 Å². The van der Waals surface area contributed by atoms with Crippen LogP contribution in [0, 0.1) is 0 Å². The van der Waals surface area contributed by atoms with Gasteiger partial charge in [0.15, 0.2) is 35.4 Å². The number of methoxy groups -OCH3 is 1. The van der Waals surface area contributed by atoms with Gasteiger partial charge >= 0.3 is 26.8 Å². The smallest absolute Gasteiger partial charge is 0.397 e. The van der Waals surface area contributed by atoms with Gasteiger partial charge in [0, 0.05) is 12.7 Å². The van der Waals surface area contributed by atoms with E-state index in [0.29, 0.717) is 43.7 Å². The number of ether oxygens (including phenoxy) is 7. The summed E-state index contributed by atoms with van der Waals surface area (Å²) in [6.07, 6.45) is 28.0. The molecule has 18 nitrogen and oxygen atoms in total. The van der Waals surface area contributed by atoms with Crippen LogP contribution in [0.1, 0.15) is 254 Å². The predicted octanol–water partition coefficient (Wildman–Crippen LogP) is 14.5. The van der Waals surface area contributed by atoms with Crippen molar-refractivity contribution in [2.75, 3.05) is 40.1 Å². The van der Waals surface area contributed by atoms with E-state index in [0.717, 1.165) is 96.3 Å². The number of esters is 1. The molecule has 1 saturated heterocycles. The fraction of sp³-hybridized carbons (Fsp3) is 0.770. The Labute approximate surface area is 487 Å². The van der Waals surface area contributed by atoms with Gasteiger partial charge in [0.1, 0.15) is 18.2 Å². The molecule has 0 radical (unpaired) electrons. The van der Waals surface area contributed by atoms with Gasteiger partial charge in [-0.2, -0.15) is 16.8 Å². The number of amides is 1. The van der Waals surface area contributed by atoms with E-state index < -0.39 is 69.9 Å². The molecule has 1 amide bonds. The fourth-order valence-corrected chi connectivity index (χ4v) is 10.6. The Morgan fingerprint density at radius 2 is 0.840 bits per heavy atom. The number of carbonyl (C=O) groups excluding carboxylic acids is 2. The Balaban J connectivity index is 1.96. The maximum absolute atomic E-state index is 14.5. The van der Waals surface area contributed by atoms with E-state index in [9.17, 15) is 35.5 Å². The third-order valence-corrected chi connectivity index (χ3v) is 15.3. The first-order chi connectivity index (χ1) is 39.1. The highest BCUT2D eigenvalue weighted by Crippen LogP contribution is 2.34. The minimum Gasteiger partial charge on any atom is -0.490 e. The van der Waals surface area contributed by atoms with Gasteiger partial charge in [-0.15, -0.1) is 0 Å². The van der Waals surface area contributed by atoms with Gasteiger partial charge in [-0.25, -0.2) is 13.2 Å². The number of hydrogen-bond acceptors (Lipinski definition) is 15. The van der Waals surface area contributed by atoms with Crippen LogP contribution in [0.25, 0.3) is 0 Å². The van der Waals surface area contributed by atoms with Crippen LogP contribution in [0.2, 0.25) is 0 Å². The molecule has 0 spiro atoms. The molecule has 1 aliphatic heterocycles. The van der Waals surface area contributed by atoms with Crippen molar-refractivity contribution >= 4 is 32.7 Å². The van der Waals surface area contributed by atoms with E-state index in [-0.39, 0.29) is 16.9 Å². The Morgan fingerprint density at radius 3 is 1.21 bits per heavy atom. The molecule has 5 atom stereocenters. The quantitative estimate of drug-likeness (QED) is 0.0317. The van der Waals surface area contributed by atoms with Gasteiger partial charge < -0.3 is 38.5 Å². The summed E-state index contributed by atoms with van der Waals surface area (Å²) >= 11 is 0. The second-order valence-electron chi connectivity index (χ2n) is 21.5. The highest BCUT2D eigenvalue weighted by atomic mass is 32.3.